The van der Waals surface area contributed by atoms with Gasteiger partial charge in [0.2, 0.25) is 5.95 Å². The molecule has 9 nitrogen and oxygen atoms in total. The number of benzene rings is 2. The quantitative estimate of drug-likeness (QED) is 0.431. The maximum absolute atomic E-state index is 12.7. The van der Waals surface area contributed by atoms with Crippen LogP contribution in [-0.4, -0.2) is 53.5 Å². The number of fused-ring (bicyclic) bond motifs is 1. The van der Waals surface area contributed by atoms with E-state index < -0.39 is 0 Å². The Hall–Kier alpha value is -3.69. The highest BCUT2D eigenvalue weighted by atomic mass is 16.6. The zero-order chi connectivity index (χ0) is 25.0. The molecule has 3 N–H and O–H groups in total. The first-order valence-corrected chi connectivity index (χ1v) is 12.9. The van der Waals surface area contributed by atoms with Crippen LogP contribution in [0.15, 0.2) is 66.9 Å². The molecule has 2 aliphatic heterocycles. The van der Waals surface area contributed by atoms with Gasteiger partial charge in [-0.3, -0.25) is 0 Å². The third-order valence-electron chi connectivity index (χ3n) is 7.23. The lowest BCUT2D eigenvalue weighted by Gasteiger charge is -2.19. The molecule has 0 bridgehead atoms. The van der Waals surface area contributed by atoms with Gasteiger partial charge in [0.1, 0.15) is 23.7 Å². The fourth-order valence-corrected chi connectivity index (χ4v) is 5.37. The molecule has 192 valence electrons. The van der Waals surface area contributed by atoms with Crippen molar-refractivity contribution >= 4 is 17.7 Å². The number of rotatable bonds is 7. The van der Waals surface area contributed by atoms with Gasteiger partial charge in [-0.2, -0.15) is 0 Å². The van der Waals surface area contributed by atoms with Crippen LogP contribution < -0.4 is 20.7 Å². The summed E-state index contributed by atoms with van der Waals surface area (Å²) in [7, 11) is 0. The Balaban J connectivity index is 1.00. The molecule has 2 saturated heterocycles. The number of para-hydroxylation sites is 1. The Bertz CT molecular complexity index is 1200. The van der Waals surface area contributed by atoms with Gasteiger partial charge in [0.05, 0.1) is 25.3 Å². The van der Waals surface area contributed by atoms with Crippen LogP contribution in [0.5, 0.6) is 11.5 Å². The van der Waals surface area contributed by atoms with Gasteiger partial charge in [-0.15, -0.1) is 0 Å². The van der Waals surface area contributed by atoms with Crippen LogP contribution in [0.2, 0.25) is 0 Å². The maximum Gasteiger partial charge on any atom is 0.319 e. The van der Waals surface area contributed by atoms with E-state index in [1.165, 1.54) is 25.7 Å². The summed E-state index contributed by atoms with van der Waals surface area (Å²) in [4.78, 5) is 21.8. The van der Waals surface area contributed by atoms with Crippen LogP contribution in [0.1, 0.15) is 37.3 Å². The van der Waals surface area contributed by atoms with Crippen molar-refractivity contribution in [2.45, 2.75) is 55.9 Å². The first kappa shape index (κ1) is 23.7. The van der Waals surface area contributed by atoms with Gasteiger partial charge >= 0.3 is 6.03 Å². The van der Waals surface area contributed by atoms with Crippen molar-refractivity contribution in [2.24, 2.45) is 0 Å². The van der Waals surface area contributed by atoms with E-state index in [0.717, 1.165) is 11.4 Å². The number of aromatic nitrogens is 2. The third kappa shape index (κ3) is 5.52. The van der Waals surface area contributed by atoms with Crippen molar-refractivity contribution in [2.75, 3.05) is 23.8 Å². The highest BCUT2D eigenvalue weighted by Crippen LogP contribution is 2.34. The van der Waals surface area contributed by atoms with E-state index in [2.05, 4.69) is 20.9 Å². The first-order valence-electron chi connectivity index (χ1n) is 12.9. The molecule has 3 heterocycles. The summed E-state index contributed by atoms with van der Waals surface area (Å²) in [5, 5.41) is 9.26. The zero-order valence-electron chi connectivity index (χ0n) is 20.5. The molecule has 6 rings (SSSR count). The van der Waals surface area contributed by atoms with Crippen LogP contribution in [0.4, 0.5) is 16.4 Å². The van der Waals surface area contributed by atoms with Crippen molar-refractivity contribution in [3.8, 4) is 11.5 Å². The number of hydrogen-bond acceptors (Lipinski definition) is 7. The van der Waals surface area contributed by atoms with E-state index in [1.54, 1.807) is 12.1 Å². The van der Waals surface area contributed by atoms with E-state index in [1.807, 2.05) is 54.7 Å². The van der Waals surface area contributed by atoms with Crippen LogP contribution in [-0.2, 0) is 9.47 Å². The molecule has 4 unspecified atom stereocenters. The fourth-order valence-electron chi connectivity index (χ4n) is 5.37. The zero-order valence-corrected chi connectivity index (χ0v) is 20.5. The molecule has 1 aliphatic carbocycles. The highest BCUT2D eigenvalue weighted by Gasteiger charge is 2.48. The number of amides is 2. The molecular formula is C28H31N5O4. The fraction of sp³-hybridized carbons (Fsp3) is 0.393. The van der Waals surface area contributed by atoms with Crippen LogP contribution >= 0.6 is 0 Å². The predicted octanol–water partition coefficient (Wildman–Crippen LogP) is 4.69. The SMILES string of the molecule is O=C(Nc1ccc(Oc2ccccc2)cc1)NC1COC2C(Nc3nccc(C4CCCC4)n3)COC12. The maximum atomic E-state index is 12.7. The standard InChI is InChI=1S/C28H31N5O4/c34-28(30-19-10-12-21(13-11-19)37-20-8-2-1-3-9-20)33-24-17-36-25-23(16-35-26(24)25)32-27-29-15-14-22(31-27)18-6-4-5-7-18/h1-3,8-15,18,23-26H,4-7,16-17H2,(H,29,31,32)(H2,30,33,34). The number of urea groups is 1. The van der Waals surface area contributed by atoms with Crippen LogP contribution in [0, 0.1) is 0 Å². The summed E-state index contributed by atoms with van der Waals surface area (Å²) in [5.74, 6) is 2.59. The summed E-state index contributed by atoms with van der Waals surface area (Å²) >= 11 is 0. The van der Waals surface area contributed by atoms with Crippen LogP contribution in [0.3, 0.4) is 0 Å². The summed E-state index contributed by atoms with van der Waals surface area (Å²) < 4.78 is 17.9. The normalized spacial score (nSPS) is 25.0. The molecular weight excluding hydrogens is 470 g/mol. The van der Waals surface area contributed by atoms with Crippen molar-refractivity contribution in [3.63, 3.8) is 0 Å². The Morgan fingerprint density at radius 2 is 1.57 bits per heavy atom. The molecule has 0 radical (unpaired) electrons. The van der Waals surface area contributed by atoms with Crippen molar-refractivity contribution < 1.29 is 19.0 Å². The molecule has 3 fully saturated rings. The average Bonchev–Trinajstić information content (AvgIpc) is 3.67. The summed E-state index contributed by atoms with van der Waals surface area (Å²) in [6.45, 7) is 0.850. The molecule has 3 aromatic rings. The van der Waals surface area contributed by atoms with Gasteiger partial charge in [-0.05, 0) is 55.3 Å². The molecule has 0 spiro atoms. The second-order valence-electron chi connectivity index (χ2n) is 9.78. The molecule has 3 aliphatic rings. The number of nitrogens with zero attached hydrogens (tertiary/aromatic N) is 2. The Morgan fingerprint density at radius 1 is 0.865 bits per heavy atom. The van der Waals surface area contributed by atoms with Gasteiger partial charge in [0.15, 0.2) is 0 Å². The van der Waals surface area contributed by atoms with Gasteiger partial charge < -0.3 is 30.2 Å². The van der Waals surface area contributed by atoms with E-state index >= 15 is 0 Å². The van der Waals surface area contributed by atoms with Gasteiger partial charge in [-0.1, -0.05) is 31.0 Å². The molecule has 2 aromatic carbocycles. The van der Waals surface area contributed by atoms with Crippen molar-refractivity contribution in [3.05, 3.63) is 72.6 Å². The Morgan fingerprint density at radius 3 is 2.35 bits per heavy atom. The van der Waals surface area contributed by atoms with Crippen molar-refractivity contribution in [1.29, 1.82) is 0 Å². The third-order valence-corrected chi connectivity index (χ3v) is 7.23. The van der Waals surface area contributed by atoms with Gasteiger partial charge in [0.25, 0.3) is 0 Å². The van der Waals surface area contributed by atoms with E-state index in [9.17, 15) is 4.79 Å². The summed E-state index contributed by atoms with van der Waals surface area (Å²) in [6, 6.07) is 18.2. The van der Waals surface area contributed by atoms with E-state index in [4.69, 9.17) is 19.2 Å². The minimum atomic E-state index is -0.307. The molecule has 37 heavy (non-hydrogen) atoms. The minimum absolute atomic E-state index is 0.0733. The Labute approximate surface area is 215 Å². The lowest BCUT2D eigenvalue weighted by atomic mass is 10.0. The second kappa shape index (κ2) is 10.7. The predicted molar refractivity (Wildman–Crippen MR) is 139 cm³/mol. The van der Waals surface area contributed by atoms with Gasteiger partial charge in [-0.25, -0.2) is 14.8 Å². The van der Waals surface area contributed by atoms with E-state index in [-0.39, 0.29) is 30.3 Å². The highest BCUT2D eigenvalue weighted by molar-refractivity contribution is 5.89. The molecule has 1 saturated carbocycles. The number of anilines is 2. The van der Waals surface area contributed by atoms with Crippen LogP contribution in [0.25, 0.3) is 0 Å². The number of ether oxygens (including phenoxy) is 3. The largest absolute Gasteiger partial charge is 0.457 e. The number of carbonyl (C=O) groups excluding carboxylic acids is 1. The first-order chi connectivity index (χ1) is 18.2. The Kier molecular flexibility index (Phi) is 6.88. The monoisotopic (exact) mass is 501 g/mol. The summed E-state index contributed by atoms with van der Waals surface area (Å²) in [5.41, 5.74) is 1.77. The minimum Gasteiger partial charge on any atom is -0.457 e. The molecule has 1 aromatic heterocycles. The topological polar surface area (TPSA) is 107 Å². The number of nitrogens with one attached hydrogen (secondary N) is 3. The second-order valence-corrected chi connectivity index (χ2v) is 9.78. The molecule has 9 heteroatoms. The smallest absolute Gasteiger partial charge is 0.319 e. The number of carbonyl (C=O) groups is 1. The molecule has 2 amide bonds. The lowest BCUT2D eigenvalue weighted by Crippen LogP contribution is -2.46. The van der Waals surface area contributed by atoms with E-state index in [0.29, 0.717) is 36.5 Å². The van der Waals surface area contributed by atoms with Crippen molar-refractivity contribution in [1.82, 2.24) is 15.3 Å². The lowest BCUT2D eigenvalue weighted by molar-refractivity contribution is 0.0683. The average molecular weight is 502 g/mol. The van der Waals surface area contributed by atoms with Gasteiger partial charge in [0, 0.05) is 23.5 Å². The summed E-state index contributed by atoms with van der Waals surface area (Å²) in [6.07, 6.45) is 6.32. The molecule has 4 atom stereocenters. The number of hydrogen-bond donors (Lipinski definition) is 3.